The van der Waals surface area contributed by atoms with E-state index in [1.54, 1.807) is 20.1 Å². The quantitative estimate of drug-likeness (QED) is 0.626. The molecule has 2 aromatic rings. The Balaban J connectivity index is 2.16. The highest BCUT2D eigenvalue weighted by molar-refractivity contribution is 14.1. The van der Waals surface area contributed by atoms with Crippen molar-refractivity contribution in [2.75, 3.05) is 12.4 Å². The van der Waals surface area contributed by atoms with Gasteiger partial charge in [-0.15, -0.1) is 0 Å². The zero-order valence-corrected chi connectivity index (χ0v) is 13.6. The lowest BCUT2D eigenvalue weighted by Crippen LogP contribution is -2.04. The molecule has 0 saturated carbocycles. The third kappa shape index (κ3) is 3.72. The maximum absolute atomic E-state index is 11.4. The second-order valence-corrected chi connectivity index (χ2v) is 5.69. The Kier molecular flexibility index (Phi) is 5.00. The predicted molar refractivity (Wildman–Crippen MR) is 89.5 cm³/mol. The summed E-state index contributed by atoms with van der Waals surface area (Å²) in [5, 5.41) is 3.33. The monoisotopic (exact) mass is 381 g/mol. The van der Waals surface area contributed by atoms with E-state index in [4.69, 9.17) is 4.74 Å². The summed E-state index contributed by atoms with van der Waals surface area (Å²) in [6.45, 7) is 2.18. The summed E-state index contributed by atoms with van der Waals surface area (Å²) in [5.74, 6) is 0.844. The fraction of sp³-hybridized carbons (Fsp3) is 0.188. The van der Waals surface area contributed by atoms with Crippen LogP contribution in [0.4, 0.5) is 5.69 Å². The molecule has 0 aromatic heterocycles. The number of ketones is 1. The van der Waals surface area contributed by atoms with Crippen LogP contribution in [-0.4, -0.2) is 12.9 Å². The third-order valence-corrected chi connectivity index (χ3v) is 3.73. The first kappa shape index (κ1) is 14.8. The molecular formula is C16H16INO2. The number of ether oxygens (including phenoxy) is 1. The molecule has 0 spiro atoms. The van der Waals surface area contributed by atoms with Gasteiger partial charge in [-0.2, -0.15) is 0 Å². The number of rotatable bonds is 5. The number of hydrogen-bond donors (Lipinski definition) is 1. The highest BCUT2D eigenvalue weighted by Crippen LogP contribution is 2.22. The normalized spacial score (nSPS) is 10.2. The summed E-state index contributed by atoms with van der Waals surface area (Å²) in [6.07, 6.45) is 0. The highest BCUT2D eigenvalue weighted by Gasteiger charge is 2.07. The second kappa shape index (κ2) is 6.74. The summed E-state index contributed by atoms with van der Waals surface area (Å²) in [4.78, 5) is 11.4. The smallest absolute Gasteiger partial charge is 0.159 e. The van der Waals surface area contributed by atoms with Crippen LogP contribution in [0.3, 0.4) is 0 Å². The first-order valence-electron chi connectivity index (χ1n) is 6.27. The van der Waals surface area contributed by atoms with Gasteiger partial charge in [-0.1, -0.05) is 0 Å². The number of hydrogen-bond acceptors (Lipinski definition) is 3. The van der Waals surface area contributed by atoms with Crippen molar-refractivity contribution in [1.29, 1.82) is 0 Å². The third-order valence-electron chi connectivity index (χ3n) is 3.01. The minimum Gasteiger partial charge on any atom is -0.496 e. The van der Waals surface area contributed by atoms with Gasteiger partial charge in [0.05, 0.1) is 7.11 Å². The molecule has 0 amide bonds. The molecule has 0 aliphatic carbocycles. The van der Waals surface area contributed by atoms with Gasteiger partial charge in [-0.3, -0.25) is 4.79 Å². The van der Waals surface area contributed by atoms with E-state index in [2.05, 4.69) is 27.9 Å². The molecule has 1 N–H and O–H groups in total. The van der Waals surface area contributed by atoms with Crippen LogP contribution < -0.4 is 10.1 Å². The van der Waals surface area contributed by atoms with Crippen LogP contribution in [-0.2, 0) is 6.54 Å². The molecule has 0 heterocycles. The SMILES string of the molecule is COc1ccc(C(C)=O)cc1CNc1ccc(I)cc1. The molecule has 0 aliphatic heterocycles. The molecule has 104 valence electrons. The van der Waals surface area contributed by atoms with E-state index < -0.39 is 0 Å². The van der Waals surface area contributed by atoms with Crippen LogP contribution in [0.5, 0.6) is 5.75 Å². The zero-order valence-electron chi connectivity index (χ0n) is 11.4. The minimum atomic E-state index is 0.0585. The topological polar surface area (TPSA) is 38.3 Å². The number of nitrogens with one attached hydrogen (secondary N) is 1. The molecule has 3 nitrogen and oxygen atoms in total. The molecule has 2 rings (SSSR count). The summed E-state index contributed by atoms with van der Waals surface area (Å²) in [6, 6.07) is 13.7. The number of carbonyl (C=O) groups excluding carboxylic acids is 1. The molecule has 0 bridgehead atoms. The van der Waals surface area contributed by atoms with Crippen molar-refractivity contribution >= 4 is 34.1 Å². The van der Waals surface area contributed by atoms with E-state index in [9.17, 15) is 4.79 Å². The Labute approximate surface area is 132 Å². The predicted octanol–water partition coefficient (Wildman–Crippen LogP) is 4.11. The van der Waals surface area contributed by atoms with Crippen LogP contribution in [0.2, 0.25) is 0 Å². The standard InChI is InChI=1S/C16H16INO2/c1-11(19)12-3-8-16(20-2)13(9-12)10-18-15-6-4-14(17)5-7-15/h3-9,18H,10H2,1-2H3. The Morgan fingerprint density at radius 3 is 2.50 bits per heavy atom. The lowest BCUT2D eigenvalue weighted by molar-refractivity contribution is 0.101. The lowest BCUT2D eigenvalue weighted by Gasteiger charge is -2.12. The van der Waals surface area contributed by atoms with Gasteiger partial charge >= 0.3 is 0 Å². The fourth-order valence-electron chi connectivity index (χ4n) is 1.90. The molecular weight excluding hydrogens is 365 g/mol. The maximum atomic E-state index is 11.4. The van der Waals surface area contributed by atoms with Crippen LogP contribution >= 0.6 is 22.6 Å². The summed E-state index contributed by atoms with van der Waals surface area (Å²) < 4.78 is 6.53. The van der Waals surface area contributed by atoms with Crippen molar-refractivity contribution in [3.8, 4) is 5.75 Å². The van der Waals surface area contributed by atoms with Crippen molar-refractivity contribution in [2.45, 2.75) is 13.5 Å². The van der Waals surface area contributed by atoms with Gasteiger partial charge in [0.1, 0.15) is 5.75 Å². The Hall–Kier alpha value is -1.56. The first-order valence-corrected chi connectivity index (χ1v) is 7.35. The van der Waals surface area contributed by atoms with Crippen LogP contribution in [0, 0.1) is 3.57 Å². The average Bonchev–Trinajstić information content (AvgIpc) is 2.46. The molecule has 0 saturated heterocycles. The molecule has 0 aliphatic rings. The van der Waals surface area contributed by atoms with Crippen LogP contribution in [0.1, 0.15) is 22.8 Å². The molecule has 4 heteroatoms. The zero-order chi connectivity index (χ0) is 14.5. The summed E-state index contributed by atoms with van der Waals surface area (Å²) in [5.41, 5.74) is 2.71. The highest BCUT2D eigenvalue weighted by atomic mass is 127. The average molecular weight is 381 g/mol. The molecule has 0 atom stereocenters. The Morgan fingerprint density at radius 2 is 1.90 bits per heavy atom. The number of carbonyl (C=O) groups is 1. The van der Waals surface area contributed by atoms with Crippen molar-refractivity contribution in [3.05, 3.63) is 57.2 Å². The van der Waals surface area contributed by atoms with Gasteiger partial charge in [0, 0.05) is 26.9 Å². The summed E-state index contributed by atoms with van der Waals surface area (Å²) in [7, 11) is 1.64. The van der Waals surface area contributed by atoms with E-state index in [1.165, 1.54) is 3.57 Å². The van der Waals surface area contributed by atoms with E-state index in [1.807, 2.05) is 36.4 Å². The van der Waals surface area contributed by atoms with E-state index in [-0.39, 0.29) is 5.78 Å². The molecule has 0 unspecified atom stereocenters. The molecule has 0 fully saturated rings. The fourth-order valence-corrected chi connectivity index (χ4v) is 2.26. The number of benzene rings is 2. The molecule has 2 aromatic carbocycles. The first-order chi connectivity index (χ1) is 9.60. The Morgan fingerprint density at radius 1 is 1.20 bits per heavy atom. The number of anilines is 1. The minimum absolute atomic E-state index is 0.0585. The lowest BCUT2D eigenvalue weighted by atomic mass is 10.1. The molecule has 20 heavy (non-hydrogen) atoms. The van der Waals surface area contributed by atoms with Gasteiger partial charge in [-0.25, -0.2) is 0 Å². The van der Waals surface area contributed by atoms with E-state index in [0.717, 1.165) is 17.0 Å². The van der Waals surface area contributed by atoms with Gasteiger partial charge < -0.3 is 10.1 Å². The van der Waals surface area contributed by atoms with Gasteiger partial charge in [0.15, 0.2) is 5.78 Å². The van der Waals surface area contributed by atoms with Crippen molar-refractivity contribution in [1.82, 2.24) is 0 Å². The van der Waals surface area contributed by atoms with Gasteiger partial charge in [-0.05, 0) is 72.0 Å². The largest absolute Gasteiger partial charge is 0.496 e. The number of Topliss-reactive ketones (excluding diaryl/α,β-unsaturated/α-hetero) is 1. The van der Waals surface area contributed by atoms with E-state index >= 15 is 0 Å². The second-order valence-electron chi connectivity index (χ2n) is 4.44. The number of methoxy groups -OCH3 is 1. The van der Waals surface area contributed by atoms with Crippen molar-refractivity contribution in [3.63, 3.8) is 0 Å². The maximum Gasteiger partial charge on any atom is 0.159 e. The van der Waals surface area contributed by atoms with Crippen LogP contribution in [0.15, 0.2) is 42.5 Å². The number of halogens is 1. The van der Waals surface area contributed by atoms with Crippen molar-refractivity contribution in [2.24, 2.45) is 0 Å². The van der Waals surface area contributed by atoms with E-state index in [0.29, 0.717) is 12.1 Å². The Bertz CT molecular complexity index is 608. The summed E-state index contributed by atoms with van der Waals surface area (Å²) >= 11 is 2.27. The molecule has 0 radical (unpaired) electrons. The van der Waals surface area contributed by atoms with Gasteiger partial charge in [0.2, 0.25) is 0 Å². The van der Waals surface area contributed by atoms with Crippen LogP contribution in [0.25, 0.3) is 0 Å². The van der Waals surface area contributed by atoms with Gasteiger partial charge in [0.25, 0.3) is 0 Å². The van der Waals surface area contributed by atoms with Crippen molar-refractivity contribution < 1.29 is 9.53 Å².